The van der Waals surface area contributed by atoms with Crippen molar-refractivity contribution >= 4 is 28.9 Å². The van der Waals surface area contributed by atoms with Crippen molar-refractivity contribution in [3.05, 3.63) is 65.2 Å². The Kier molecular flexibility index (Phi) is 2.94. The van der Waals surface area contributed by atoms with Gasteiger partial charge in [0.25, 0.3) is 5.91 Å². The van der Waals surface area contributed by atoms with Gasteiger partial charge in [-0.15, -0.1) is 0 Å². The lowest BCUT2D eigenvalue weighted by atomic mass is 9.98. The number of amides is 1. The van der Waals surface area contributed by atoms with Crippen LogP contribution in [0, 0.1) is 0 Å². The molecule has 0 fully saturated rings. The molecule has 1 amide bonds. The van der Waals surface area contributed by atoms with E-state index in [9.17, 15) is 14.7 Å². The summed E-state index contributed by atoms with van der Waals surface area (Å²) >= 11 is 0. The zero-order chi connectivity index (χ0) is 16.0. The summed E-state index contributed by atoms with van der Waals surface area (Å²) in [6.45, 7) is 0. The van der Waals surface area contributed by atoms with Crippen LogP contribution in [0.25, 0.3) is 11.3 Å². The average Bonchev–Trinajstić information content (AvgIpc) is 3.04. The Morgan fingerprint density at radius 2 is 1.78 bits per heavy atom. The summed E-state index contributed by atoms with van der Waals surface area (Å²) in [6.07, 6.45) is -0.892. The zero-order valence-electron chi connectivity index (χ0n) is 12.0. The molecule has 0 saturated carbocycles. The summed E-state index contributed by atoms with van der Waals surface area (Å²) in [5.74, 6) is -1.01. The highest BCUT2D eigenvalue weighted by Gasteiger charge is 2.35. The Morgan fingerprint density at radius 3 is 2.57 bits per heavy atom. The molecule has 0 aliphatic carbocycles. The minimum absolute atomic E-state index is 0.245. The van der Waals surface area contributed by atoms with Gasteiger partial charge in [-0.2, -0.15) is 0 Å². The average molecular weight is 306 g/mol. The molecule has 1 N–H and O–H groups in total. The molecule has 1 atom stereocenters. The molecule has 0 spiro atoms. The second kappa shape index (κ2) is 4.98. The number of aliphatic carboxylic acids is 1. The highest BCUT2D eigenvalue weighted by atomic mass is 16.5. The molecule has 2 aromatic rings. The lowest BCUT2D eigenvalue weighted by molar-refractivity contribution is -0.307. The summed E-state index contributed by atoms with van der Waals surface area (Å²) < 4.78 is 5.85. The molecule has 0 aromatic heterocycles. The number of ether oxygens (including phenoxy) is 1. The number of hydrogen-bond acceptors (Lipinski definition) is 4. The maximum atomic E-state index is 12.4. The van der Waals surface area contributed by atoms with Crippen molar-refractivity contribution in [2.75, 3.05) is 5.32 Å². The number of para-hydroxylation sites is 1. The first kappa shape index (κ1) is 13.6. The van der Waals surface area contributed by atoms with Gasteiger partial charge < -0.3 is 20.0 Å². The van der Waals surface area contributed by atoms with Crippen LogP contribution in [0.2, 0.25) is 0 Å². The van der Waals surface area contributed by atoms with Gasteiger partial charge >= 0.3 is 0 Å². The Balaban J connectivity index is 1.90. The van der Waals surface area contributed by atoms with E-state index in [4.69, 9.17) is 4.74 Å². The minimum atomic E-state index is -1.19. The van der Waals surface area contributed by atoms with E-state index >= 15 is 0 Å². The molecular formula is C18H12NO4-. The van der Waals surface area contributed by atoms with E-state index in [1.807, 2.05) is 48.5 Å². The number of carbonyl (C=O) groups excluding carboxylic acids is 2. The van der Waals surface area contributed by atoms with Gasteiger partial charge in [-0.1, -0.05) is 42.5 Å². The largest absolute Gasteiger partial charge is 0.550 e. The first-order valence-electron chi connectivity index (χ1n) is 7.26. The van der Waals surface area contributed by atoms with Gasteiger partial charge in [0.2, 0.25) is 0 Å². The Morgan fingerprint density at radius 1 is 1.09 bits per heavy atom. The van der Waals surface area contributed by atoms with E-state index in [0.29, 0.717) is 11.3 Å². The van der Waals surface area contributed by atoms with Crippen molar-refractivity contribution in [1.82, 2.24) is 0 Å². The normalized spacial score (nSPS) is 21.4. The Hall–Kier alpha value is -3.08. The summed E-state index contributed by atoms with van der Waals surface area (Å²) in [5, 5.41) is 13.8. The van der Waals surface area contributed by atoms with Crippen molar-refractivity contribution in [1.29, 1.82) is 0 Å². The molecule has 5 heteroatoms. The van der Waals surface area contributed by atoms with Crippen LogP contribution in [0.5, 0.6) is 0 Å². The Bertz CT molecular complexity index is 869. The quantitative estimate of drug-likeness (QED) is 0.857. The standard InChI is InChI=1S/C18H13NO4/c20-15(21)9-14-10-5-1-2-6-11(10)17(23-14)16-12-7-3-4-8-13(12)19-18(16)22/h1-8,14H,9H2,(H,19,22)(H,20,21)/p-1/b17-16-. The third-order valence-corrected chi connectivity index (χ3v) is 4.06. The van der Waals surface area contributed by atoms with Crippen molar-refractivity contribution in [2.45, 2.75) is 12.5 Å². The highest BCUT2D eigenvalue weighted by molar-refractivity contribution is 6.36. The molecule has 2 aliphatic rings. The first-order chi connectivity index (χ1) is 11.1. The fourth-order valence-electron chi connectivity index (χ4n) is 3.09. The molecule has 0 radical (unpaired) electrons. The molecular weight excluding hydrogens is 294 g/mol. The number of hydrogen-bond donors (Lipinski definition) is 1. The van der Waals surface area contributed by atoms with Crippen LogP contribution in [-0.4, -0.2) is 11.9 Å². The summed E-state index contributed by atoms with van der Waals surface area (Å²) in [7, 11) is 0. The molecule has 114 valence electrons. The Labute approximate surface area is 132 Å². The predicted octanol–water partition coefficient (Wildman–Crippen LogP) is 1.72. The van der Waals surface area contributed by atoms with Gasteiger partial charge in [-0.25, -0.2) is 0 Å². The van der Waals surface area contributed by atoms with Crippen LogP contribution in [0.4, 0.5) is 5.69 Å². The van der Waals surface area contributed by atoms with Gasteiger partial charge in [0.15, 0.2) is 0 Å². The molecule has 2 aromatic carbocycles. The van der Waals surface area contributed by atoms with E-state index in [2.05, 4.69) is 5.32 Å². The maximum Gasteiger partial charge on any atom is 0.260 e. The van der Waals surface area contributed by atoms with Crippen molar-refractivity contribution in [2.24, 2.45) is 0 Å². The number of anilines is 1. The maximum absolute atomic E-state index is 12.4. The lowest BCUT2D eigenvalue weighted by Crippen LogP contribution is -2.24. The number of benzene rings is 2. The van der Waals surface area contributed by atoms with E-state index in [-0.39, 0.29) is 12.3 Å². The van der Waals surface area contributed by atoms with Gasteiger partial charge in [0, 0.05) is 34.8 Å². The molecule has 4 rings (SSSR count). The number of fused-ring (bicyclic) bond motifs is 2. The molecule has 1 unspecified atom stereocenters. The van der Waals surface area contributed by atoms with Crippen LogP contribution >= 0.6 is 0 Å². The SMILES string of the molecule is O=C([O-])CC1O/C(=C2\C(=O)Nc3ccccc32)c2ccccc21. The number of carboxylic acids is 1. The molecule has 23 heavy (non-hydrogen) atoms. The monoisotopic (exact) mass is 306 g/mol. The van der Waals surface area contributed by atoms with Crippen LogP contribution in [-0.2, 0) is 14.3 Å². The second-order valence-electron chi connectivity index (χ2n) is 5.47. The van der Waals surface area contributed by atoms with Crippen molar-refractivity contribution in [3.8, 4) is 0 Å². The third kappa shape index (κ3) is 2.09. The topological polar surface area (TPSA) is 78.5 Å². The number of carboxylic acid groups (broad SMARTS) is 1. The lowest BCUT2D eigenvalue weighted by Gasteiger charge is -2.13. The van der Waals surface area contributed by atoms with E-state index in [0.717, 1.165) is 22.4 Å². The van der Waals surface area contributed by atoms with Crippen LogP contribution < -0.4 is 10.4 Å². The fourth-order valence-corrected chi connectivity index (χ4v) is 3.09. The minimum Gasteiger partial charge on any atom is -0.550 e. The van der Waals surface area contributed by atoms with Gasteiger partial charge in [0.05, 0.1) is 5.57 Å². The zero-order valence-corrected chi connectivity index (χ0v) is 12.0. The molecule has 5 nitrogen and oxygen atoms in total. The van der Waals surface area contributed by atoms with E-state index < -0.39 is 12.1 Å². The van der Waals surface area contributed by atoms with Gasteiger partial charge in [0.1, 0.15) is 11.9 Å². The number of nitrogens with one attached hydrogen (secondary N) is 1. The summed E-state index contributed by atoms with van der Waals surface area (Å²) in [6, 6.07) is 14.7. The highest BCUT2D eigenvalue weighted by Crippen LogP contribution is 2.46. The molecule has 2 aliphatic heterocycles. The first-order valence-corrected chi connectivity index (χ1v) is 7.26. The molecule has 0 bridgehead atoms. The van der Waals surface area contributed by atoms with Gasteiger partial charge in [-0.05, 0) is 6.07 Å². The molecule has 0 saturated heterocycles. The van der Waals surface area contributed by atoms with Crippen LogP contribution in [0.1, 0.15) is 29.2 Å². The van der Waals surface area contributed by atoms with Gasteiger partial charge in [-0.3, -0.25) is 4.79 Å². The predicted molar refractivity (Wildman–Crippen MR) is 81.8 cm³/mol. The van der Waals surface area contributed by atoms with Crippen molar-refractivity contribution < 1.29 is 19.4 Å². The van der Waals surface area contributed by atoms with E-state index in [1.54, 1.807) is 0 Å². The summed E-state index contributed by atoms with van der Waals surface area (Å²) in [4.78, 5) is 23.3. The van der Waals surface area contributed by atoms with E-state index in [1.165, 1.54) is 0 Å². The number of carbonyl (C=O) groups is 2. The third-order valence-electron chi connectivity index (χ3n) is 4.06. The van der Waals surface area contributed by atoms with Crippen LogP contribution in [0.3, 0.4) is 0 Å². The van der Waals surface area contributed by atoms with Crippen LogP contribution in [0.15, 0.2) is 48.5 Å². The molecule has 2 heterocycles. The smallest absolute Gasteiger partial charge is 0.260 e. The second-order valence-corrected chi connectivity index (χ2v) is 5.47. The van der Waals surface area contributed by atoms with Crippen molar-refractivity contribution in [3.63, 3.8) is 0 Å². The summed E-state index contributed by atoms with van der Waals surface area (Å²) in [5.41, 5.74) is 3.44. The number of rotatable bonds is 2. The fraction of sp³-hybridized carbons (Fsp3) is 0.111.